The zero-order valence-corrected chi connectivity index (χ0v) is 8.89. The second-order valence-corrected chi connectivity index (χ2v) is 4.15. The number of aliphatic hydroxyl groups is 1. The first-order valence-electron chi connectivity index (χ1n) is 4.60. The smallest absolute Gasteiger partial charge is 0.195 e. The molecule has 5 nitrogen and oxygen atoms in total. The van der Waals surface area contributed by atoms with E-state index in [2.05, 4.69) is 10.2 Å². The highest BCUT2D eigenvalue weighted by molar-refractivity contribution is 7.99. The summed E-state index contributed by atoms with van der Waals surface area (Å²) in [7, 11) is 0. The minimum Gasteiger partial charge on any atom is -0.395 e. The molecule has 0 aliphatic carbocycles. The first-order chi connectivity index (χ1) is 7.31. The average molecular weight is 224 g/mol. The molecule has 0 aliphatic heterocycles. The predicted molar refractivity (Wildman–Crippen MR) is 58.8 cm³/mol. The summed E-state index contributed by atoms with van der Waals surface area (Å²) in [5.74, 6) is 0.631. The summed E-state index contributed by atoms with van der Waals surface area (Å²) in [6.45, 7) is -0.0102. The lowest BCUT2D eigenvalue weighted by Gasteiger charge is -2.05. The van der Waals surface area contributed by atoms with E-state index in [1.807, 2.05) is 28.8 Å². The van der Waals surface area contributed by atoms with Gasteiger partial charge in [0, 0.05) is 18.0 Å². The van der Waals surface area contributed by atoms with Gasteiger partial charge in [-0.1, -0.05) is 17.8 Å². The third-order valence-corrected chi connectivity index (χ3v) is 3.07. The van der Waals surface area contributed by atoms with Crippen LogP contribution in [0, 0.1) is 0 Å². The van der Waals surface area contributed by atoms with Crippen molar-refractivity contribution < 1.29 is 5.11 Å². The van der Waals surface area contributed by atoms with Gasteiger partial charge in [-0.15, -0.1) is 10.2 Å². The van der Waals surface area contributed by atoms with E-state index in [4.69, 9.17) is 10.8 Å². The molecular formula is C9H12N4OS. The third kappa shape index (κ3) is 2.28. The Bertz CT molecular complexity index is 444. The van der Waals surface area contributed by atoms with Crippen LogP contribution in [0.3, 0.4) is 0 Å². The van der Waals surface area contributed by atoms with Crippen molar-refractivity contribution >= 4 is 17.4 Å². The van der Waals surface area contributed by atoms with Gasteiger partial charge >= 0.3 is 0 Å². The molecule has 0 amide bonds. The van der Waals surface area contributed by atoms with Crippen LogP contribution in [-0.2, 0) is 0 Å². The van der Waals surface area contributed by atoms with Gasteiger partial charge in [0.05, 0.1) is 6.61 Å². The summed E-state index contributed by atoms with van der Waals surface area (Å²) in [6.07, 6.45) is 1.90. The second-order valence-electron chi connectivity index (χ2n) is 3.17. The number of thioether (sulfide) groups is 1. The van der Waals surface area contributed by atoms with E-state index in [9.17, 15) is 0 Å². The summed E-state index contributed by atoms with van der Waals surface area (Å²) in [4.78, 5) is 0. The van der Waals surface area contributed by atoms with Gasteiger partial charge in [0.1, 0.15) is 0 Å². The summed E-state index contributed by atoms with van der Waals surface area (Å²) in [5.41, 5.74) is 6.42. The number of aliphatic hydroxyl groups excluding tert-OH is 1. The van der Waals surface area contributed by atoms with Crippen LogP contribution < -0.4 is 5.73 Å². The number of fused-ring (bicyclic) bond motifs is 1. The van der Waals surface area contributed by atoms with Crippen LogP contribution in [0.15, 0.2) is 29.6 Å². The fraction of sp³-hybridized carbons (Fsp3) is 0.333. The van der Waals surface area contributed by atoms with Crippen molar-refractivity contribution in [3.05, 3.63) is 24.4 Å². The third-order valence-electron chi connectivity index (χ3n) is 1.94. The topological polar surface area (TPSA) is 76.4 Å². The van der Waals surface area contributed by atoms with Gasteiger partial charge < -0.3 is 10.8 Å². The molecule has 0 aliphatic rings. The fourth-order valence-electron chi connectivity index (χ4n) is 1.15. The molecule has 2 aromatic heterocycles. The van der Waals surface area contributed by atoms with Crippen LogP contribution in [0.2, 0.25) is 0 Å². The maximum atomic E-state index is 8.80. The number of nitrogens with two attached hydrogens (primary N) is 1. The Labute approximate surface area is 91.3 Å². The lowest BCUT2D eigenvalue weighted by molar-refractivity contribution is 0.275. The Morgan fingerprint density at radius 1 is 1.47 bits per heavy atom. The Morgan fingerprint density at radius 3 is 3.13 bits per heavy atom. The molecule has 0 fully saturated rings. The van der Waals surface area contributed by atoms with Crippen molar-refractivity contribution in [2.24, 2.45) is 5.73 Å². The van der Waals surface area contributed by atoms with Crippen molar-refractivity contribution in [1.82, 2.24) is 14.6 Å². The van der Waals surface area contributed by atoms with Crippen molar-refractivity contribution in [1.29, 1.82) is 0 Å². The summed E-state index contributed by atoms with van der Waals surface area (Å²) < 4.78 is 1.90. The number of hydrogen-bond acceptors (Lipinski definition) is 5. The molecule has 0 aromatic carbocycles. The Balaban J connectivity index is 2.14. The van der Waals surface area contributed by atoms with Crippen molar-refractivity contribution in [3.63, 3.8) is 0 Å². The van der Waals surface area contributed by atoms with E-state index in [1.165, 1.54) is 11.8 Å². The largest absolute Gasteiger partial charge is 0.395 e. The number of pyridine rings is 1. The van der Waals surface area contributed by atoms with Gasteiger partial charge in [0.25, 0.3) is 0 Å². The molecule has 15 heavy (non-hydrogen) atoms. The molecule has 1 unspecified atom stereocenters. The van der Waals surface area contributed by atoms with E-state index in [0.717, 1.165) is 10.8 Å². The first-order valence-corrected chi connectivity index (χ1v) is 5.59. The number of rotatable bonds is 4. The van der Waals surface area contributed by atoms with Crippen LogP contribution in [0.25, 0.3) is 5.65 Å². The van der Waals surface area contributed by atoms with Crippen molar-refractivity contribution in [2.45, 2.75) is 11.2 Å². The van der Waals surface area contributed by atoms with Crippen LogP contribution in [0.5, 0.6) is 0 Å². The van der Waals surface area contributed by atoms with E-state index in [0.29, 0.717) is 5.75 Å². The van der Waals surface area contributed by atoms with E-state index < -0.39 is 0 Å². The number of aromatic nitrogens is 3. The van der Waals surface area contributed by atoms with Crippen molar-refractivity contribution in [2.75, 3.05) is 12.4 Å². The fourth-order valence-corrected chi connectivity index (χ4v) is 2.01. The maximum Gasteiger partial charge on any atom is 0.195 e. The Hall–Kier alpha value is -1.11. The monoisotopic (exact) mass is 224 g/mol. The van der Waals surface area contributed by atoms with E-state index >= 15 is 0 Å². The van der Waals surface area contributed by atoms with E-state index in [1.54, 1.807) is 0 Å². The highest BCUT2D eigenvalue weighted by atomic mass is 32.2. The Morgan fingerprint density at radius 2 is 2.33 bits per heavy atom. The van der Waals surface area contributed by atoms with Crippen LogP contribution in [-0.4, -0.2) is 38.1 Å². The second kappa shape index (κ2) is 4.61. The molecule has 2 heterocycles. The molecule has 0 saturated carbocycles. The minimum atomic E-state index is -0.217. The molecular weight excluding hydrogens is 212 g/mol. The standard InChI is InChI=1S/C9H12N4OS/c10-7(5-14)6-15-9-12-11-8-3-1-2-4-13(8)9/h1-4,7,14H,5-6,10H2. The van der Waals surface area contributed by atoms with Crippen LogP contribution in [0.4, 0.5) is 0 Å². The molecule has 3 N–H and O–H groups in total. The van der Waals surface area contributed by atoms with Gasteiger partial charge in [-0.25, -0.2) is 0 Å². The summed E-state index contributed by atoms with van der Waals surface area (Å²) in [5, 5.41) is 17.6. The van der Waals surface area contributed by atoms with Gasteiger partial charge in [0.15, 0.2) is 10.8 Å². The van der Waals surface area contributed by atoms with Gasteiger partial charge in [-0.05, 0) is 12.1 Å². The quantitative estimate of drug-likeness (QED) is 0.722. The zero-order chi connectivity index (χ0) is 10.7. The lowest BCUT2D eigenvalue weighted by atomic mass is 10.4. The minimum absolute atomic E-state index is 0.0102. The molecule has 0 bridgehead atoms. The number of hydrogen-bond donors (Lipinski definition) is 2. The van der Waals surface area contributed by atoms with Gasteiger partial charge in [-0.2, -0.15) is 0 Å². The molecule has 6 heteroatoms. The first kappa shape index (κ1) is 10.4. The highest BCUT2D eigenvalue weighted by Gasteiger charge is 2.07. The summed E-state index contributed by atoms with van der Waals surface area (Å²) in [6, 6.07) is 5.51. The predicted octanol–water partition coefficient (Wildman–Crippen LogP) is 0.141. The highest BCUT2D eigenvalue weighted by Crippen LogP contribution is 2.16. The maximum absolute atomic E-state index is 8.80. The van der Waals surface area contributed by atoms with Gasteiger partial charge in [-0.3, -0.25) is 4.40 Å². The lowest BCUT2D eigenvalue weighted by Crippen LogP contribution is -2.26. The molecule has 1 atom stereocenters. The summed E-state index contributed by atoms with van der Waals surface area (Å²) >= 11 is 1.49. The van der Waals surface area contributed by atoms with Gasteiger partial charge in [0.2, 0.25) is 0 Å². The van der Waals surface area contributed by atoms with E-state index in [-0.39, 0.29) is 12.6 Å². The molecule has 0 saturated heterocycles. The number of nitrogens with zero attached hydrogens (tertiary/aromatic N) is 3. The van der Waals surface area contributed by atoms with Crippen molar-refractivity contribution in [3.8, 4) is 0 Å². The SMILES string of the molecule is NC(CO)CSc1nnc2ccccn12. The van der Waals surface area contributed by atoms with Crippen LogP contribution >= 0.6 is 11.8 Å². The molecule has 0 spiro atoms. The molecule has 2 rings (SSSR count). The average Bonchev–Trinajstić information content (AvgIpc) is 2.69. The molecule has 2 aromatic rings. The van der Waals surface area contributed by atoms with Crippen LogP contribution in [0.1, 0.15) is 0 Å². The Kier molecular flexibility index (Phi) is 3.20. The molecule has 80 valence electrons. The molecule has 0 radical (unpaired) electrons. The zero-order valence-electron chi connectivity index (χ0n) is 8.08. The normalized spacial score (nSPS) is 13.2.